The van der Waals surface area contributed by atoms with Gasteiger partial charge in [-0.3, -0.25) is 4.79 Å². The minimum atomic E-state index is -1.02. The van der Waals surface area contributed by atoms with E-state index in [0.717, 1.165) is 6.42 Å². The van der Waals surface area contributed by atoms with E-state index < -0.39 is 18.1 Å². The van der Waals surface area contributed by atoms with Crippen molar-refractivity contribution in [2.75, 3.05) is 0 Å². The highest BCUT2D eigenvalue weighted by molar-refractivity contribution is 5.73. The molecule has 0 heterocycles. The van der Waals surface area contributed by atoms with Crippen molar-refractivity contribution in [3.05, 3.63) is 0 Å². The molecule has 4 heteroatoms. The van der Waals surface area contributed by atoms with Crippen LogP contribution in [0.2, 0.25) is 0 Å². The molecule has 0 amide bonds. The Labute approximate surface area is 58.6 Å². The smallest absolute Gasteiger partial charge is 0.320 e. The maximum Gasteiger partial charge on any atom is 0.320 e. The molecule has 0 saturated heterocycles. The summed E-state index contributed by atoms with van der Waals surface area (Å²) in [5.41, 5.74) is 5.25. The number of rotatable bonds is 2. The van der Waals surface area contributed by atoms with Crippen LogP contribution < -0.4 is 5.73 Å². The molecule has 0 aromatic heterocycles. The highest BCUT2D eigenvalue weighted by atomic mass is 16.4. The summed E-state index contributed by atoms with van der Waals surface area (Å²) in [6.45, 7) is 0. The molecule has 0 aromatic rings. The quantitative estimate of drug-likeness (QED) is 0.473. The van der Waals surface area contributed by atoms with Gasteiger partial charge in [-0.25, -0.2) is 0 Å². The van der Waals surface area contributed by atoms with Gasteiger partial charge in [0.15, 0.2) is 0 Å². The Bertz CT molecular complexity index is 148. The Morgan fingerprint density at radius 1 is 1.60 bits per heavy atom. The van der Waals surface area contributed by atoms with Crippen LogP contribution >= 0.6 is 0 Å². The van der Waals surface area contributed by atoms with Crippen molar-refractivity contribution < 1.29 is 15.0 Å². The molecule has 0 bridgehead atoms. The molecule has 0 spiro atoms. The van der Waals surface area contributed by atoms with Gasteiger partial charge in [-0.2, -0.15) is 0 Å². The van der Waals surface area contributed by atoms with E-state index >= 15 is 0 Å². The van der Waals surface area contributed by atoms with E-state index in [2.05, 4.69) is 0 Å². The Hall–Kier alpha value is -0.610. The van der Waals surface area contributed by atoms with Gasteiger partial charge in [-0.15, -0.1) is 0 Å². The van der Waals surface area contributed by atoms with Gasteiger partial charge in [-0.05, 0) is 12.8 Å². The summed E-state index contributed by atoms with van der Waals surface area (Å²) < 4.78 is 0. The number of hydrogen-bond acceptors (Lipinski definition) is 3. The van der Waals surface area contributed by atoms with Crippen LogP contribution in [-0.2, 0) is 4.79 Å². The van der Waals surface area contributed by atoms with E-state index in [1.807, 2.05) is 0 Å². The van der Waals surface area contributed by atoms with Crippen molar-refractivity contribution >= 4 is 5.97 Å². The predicted molar refractivity (Wildman–Crippen MR) is 34.3 cm³/mol. The third-order valence-electron chi connectivity index (χ3n) is 2.04. The first-order valence-corrected chi connectivity index (χ1v) is 3.29. The molecule has 3 unspecified atom stereocenters. The third-order valence-corrected chi connectivity index (χ3v) is 2.04. The van der Waals surface area contributed by atoms with E-state index in [1.165, 1.54) is 0 Å². The zero-order chi connectivity index (χ0) is 7.72. The minimum absolute atomic E-state index is 0.225. The molecule has 1 rings (SSSR count). The van der Waals surface area contributed by atoms with Crippen LogP contribution in [0.15, 0.2) is 0 Å². The molecule has 0 aromatic carbocycles. The zero-order valence-electron chi connectivity index (χ0n) is 5.53. The summed E-state index contributed by atoms with van der Waals surface area (Å²) in [5.74, 6) is -1.25. The van der Waals surface area contributed by atoms with E-state index in [-0.39, 0.29) is 5.92 Å². The van der Waals surface area contributed by atoms with Crippen molar-refractivity contribution in [1.29, 1.82) is 0 Å². The van der Waals surface area contributed by atoms with Gasteiger partial charge in [0.05, 0.1) is 6.10 Å². The van der Waals surface area contributed by atoms with Crippen LogP contribution in [0, 0.1) is 5.92 Å². The van der Waals surface area contributed by atoms with Gasteiger partial charge < -0.3 is 15.9 Å². The molecular formula is C6H11NO3. The van der Waals surface area contributed by atoms with Gasteiger partial charge in [0.2, 0.25) is 0 Å². The number of aliphatic hydroxyl groups is 1. The monoisotopic (exact) mass is 145 g/mol. The molecule has 3 atom stereocenters. The van der Waals surface area contributed by atoms with Crippen LogP contribution in [-0.4, -0.2) is 28.3 Å². The van der Waals surface area contributed by atoms with E-state index in [1.54, 1.807) is 0 Å². The molecule has 0 radical (unpaired) electrons. The summed E-state index contributed by atoms with van der Waals surface area (Å²) in [4.78, 5) is 10.2. The molecule has 4 N–H and O–H groups in total. The number of nitrogens with two attached hydrogens (primary N) is 1. The van der Waals surface area contributed by atoms with Crippen LogP contribution in [0.5, 0.6) is 0 Å². The highest BCUT2D eigenvalue weighted by Gasteiger charge is 2.37. The van der Waals surface area contributed by atoms with E-state index in [0.29, 0.717) is 6.42 Å². The van der Waals surface area contributed by atoms with Crippen LogP contribution in [0.3, 0.4) is 0 Å². The summed E-state index contributed by atoms with van der Waals surface area (Å²) in [7, 11) is 0. The lowest BCUT2D eigenvalue weighted by atomic mass is 9.77. The molecule has 1 aliphatic rings. The molecular weight excluding hydrogens is 134 g/mol. The number of carboxylic acid groups (broad SMARTS) is 1. The number of carbonyl (C=O) groups is 1. The molecule has 1 saturated carbocycles. The zero-order valence-corrected chi connectivity index (χ0v) is 5.53. The molecule has 4 nitrogen and oxygen atoms in total. The van der Waals surface area contributed by atoms with Crippen LogP contribution in [0.1, 0.15) is 12.8 Å². The lowest BCUT2D eigenvalue weighted by Gasteiger charge is -2.34. The van der Waals surface area contributed by atoms with Crippen molar-refractivity contribution in [3.8, 4) is 0 Å². The average Bonchev–Trinajstić information content (AvgIpc) is 1.84. The normalized spacial score (nSPS) is 34.6. The van der Waals surface area contributed by atoms with Gasteiger partial charge >= 0.3 is 5.97 Å². The first-order valence-electron chi connectivity index (χ1n) is 3.29. The Morgan fingerprint density at radius 3 is 2.30 bits per heavy atom. The Morgan fingerprint density at radius 2 is 2.20 bits per heavy atom. The summed E-state index contributed by atoms with van der Waals surface area (Å²) in [6, 6.07) is -0.885. The average molecular weight is 145 g/mol. The number of hydrogen-bond donors (Lipinski definition) is 3. The Balaban J connectivity index is 2.41. The maximum atomic E-state index is 10.2. The largest absolute Gasteiger partial charge is 0.480 e. The van der Waals surface area contributed by atoms with Crippen LogP contribution in [0.25, 0.3) is 0 Å². The van der Waals surface area contributed by atoms with E-state index in [4.69, 9.17) is 15.9 Å². The topological polar surface area (TPSA) is 83.6 Å². The number of aliphatic carboxylic acids is 1. The second kappa shape index (κ2) is 2.56. The van der Waals surface area contributed by atoms with Gasteiger partial charge in [0, 0.05) is 5.92 Å². The number of carboxylic acids is 1. The fourth-order valence-corrected chi connectivity index (χ4v) is 1.11. The first kappa shape index (κ1) is 7.50. The van der Waals surface area contributed by atoms with Crippen molar-refractivity contribution in [2.24, 2.45) is 11.7 Å². The third kappa shape index (κ3) is 1.12. The van der Waals surface area contributed by atoms with Gasteiger partial charge in [0.25, 0.3) is 0 Å². The highest BCUT2D eigenvalue weighted by Crippen LogP contribution is 2.29. The van der Waals surface area contributed by atoms with Crippen molar-refractivity contribution in [1.82, 2.24) is 0 Å². The van der Waals surface area contributed by atoms with Crippen molar-refractivity contribution in [2.45, 2.75) is 25.0 Å². The number of aliphatic hydroxyl groups excluding tert-OH is 1. The molecule has 1 fully saturated rings. The summed E-state index contributed by atoms with van der Waals surface area (Å²) in [6.07, 6.45) is 0.923. The van der Waals surface area contributed by atoms with Crippen LogP contribution in [0.4, 0.5) is 0 Å². The molecule has 10 heavy (non-hydrogen) atoms. The SMILES string of the molecule is NC(C(=O)O)C1CCC1O. The summed E-state index contributed by atoms with van der Waals surface area (Å²) >= 11 is 0. The lowest BCUT2D eigenvalue weighted by molar-refractivity contribution is -0.143. The first-order chi connectivity index (χ1) is 4.63. The lowest BCUT2D eigenvalue weighted by Crippen LogP contribution is -2.48. The second-order valence-electron chi connectivity index (χ2n) is 2.67. The second-order valence-corrected chi connectivity index (χ2v) is 2.67. The van der Waals surface area contributed by atoms with Crippen molar-refractivity contribution in [3.63, 3.8) is 0 Å². The fourth-order valence-electron chi connectivity index (χ4n) is 1.11. The molecule has 1 aliphatic carbocycles. The minimum Gasteiger partial charge on any atom is -0.480 e. The maximum absolute atomic E-state index is 10.2. The molecule has 0 aliphatic heterocycles. The predicted octanol–water partition coefficient (Wildman–Crippen LogP) is -0.831. The Kier molecular flexibility index (Phi) is 1.92. The standard InChI is InChI=1S/C6H11NO3/c7-5(6(9)10)3-1-2-4(3)8/h3-5,8H,1-2,7H2,(H,9,10). The van der Waals surface area contributed by atoms with Gasteiger partial charge in [-0.1, -0.05) is 0 Å². The van der Waals surface area contributed by atoms with Gasteiger partial charge in [0.1, 0.15) is 6.04 Å². The van der Waals surface area contributed by atoms with E-state index in [9.17, 15) is 4.79 Å². The summed E-state index contributed by atoms with van der Waals surface area (Å²) in [5, 5.41) is 17.4. The fraction of sp³-hybridized carbons (Fsp3) is 0.833. The molecule has 58 valence electrons.